The van der Waals surface area contributed by atoms with Crippen LogP contribution >= 0.6 is 11.6 Å². The van der Waals surface area contributed by atoms with Gasteiger partial charge in [-0.2, -0.15) is 0 Å². The Balaban J connectivity index is 2.80. The minimum Gasteiger partial charge on any atom is -0.480 e. The molecule has 0 spiro atoms. The number of carboxylic acids is 1. The summed E-state index contributed by atoms with van der Waals surface area (Å²) in [5.41, 5.74) is -0.110. The molecule has 8 nitrogen and oxygen atoms in total. The first-order valence-electron chi connectivity index (χ1n) is 7.00. The fraction of sp³-hybridized carbons (Fsp3) is 0.429. The summed E-state index contributed by atoms with van der Waals surface area (Å²) in [5, 5.41) is 25.1. The van der Waals surface area contributed by atoms with Crippen LogP contribution in [0.3, 0.4) is 0 Å². The molecule has 0 aliphatic rings. The number of nitrogens with zero attached hydrogens (tertiary/aromatic N) is 1. The summed E-state index contributed by atoms with van der Waals surface area (Å²) in [6, 6.07) is 2.03. The van der Waals surface area contributed by atoms with Crippen molar-refractivity contribution in [3.63, 3.8) is 0 Å². The van der Waals surface area contributed by atoms with Gasteiger partial charge in [0.1, 0.15) is 6.04 Å². The number of nitro benzene ring substituents is 1. The molecule has 3 N–H and O–H groups in total. The highest BCUT2D eigenvalue weighted by Gasteiger charge is 2.23. The van der Waals surface area contributed by atoms with Gasteiger partial charge in [0, 0.05) is 12.1 Å². The molecule has 2 unspecified atom stereocenters. The first-order valence-corrected chi connectivity index (χ1v) is 7.37. The molecule has 1 amide bonds. The maximum Gasteiger partial charge on any atom is 0.320 e. The molecule has 0 aromatic heterocycles. The first-order chi connectivity index (χ1) is 10.8. The molecule has 9 heteroatoms. The van der Waals surface area contributed by atoms with Gasteiger partial charge in [-0.3, -0.25) is 25.0 Å². The predicted octanol–water partition coefficient (Wildman–Crippen LogP) is 2.42. The second-order valence-corrected chi connectivity index (χ2v) is 5.39. The maximum atomic E-state index is 12.1. The van der Waals surface area contributed by atoms with E-state index in [4.69, 9.17) is 16.7 Å². The zero-order valence-electron chi connectivity index (χ0n) is 12.7. The van der Waals surface area contributed by atoms with Crippen LogP contribution in [-0.2, 0) is 9.59 Å². The molecule has 0 aliphatic carbocycles. The number of carbonyl (C=O) groups is 2. The number of non-ortho nitro benzene ring substituents is 1. The number of hydrogen-bond acceptors (Lipinski definition) is 5. The molecular weight excluding hydrogens is 326 g/mol. The van der Waals surface area contributed by atoms with E-state index in [0.717, 1.165) is 6.07 Å². The molecule has 0 radical (unpaired) electrons. The molecule has 1 rings (SSSR count). The molecule has 0 fully saturated rings. The number of nitro groups is 1. The number of amides is 1. The number of carbonyl (C=O) groups excluding carboxylic acids is 1. The lowest BCUT2D eigenvalue weighted by Gasteiger charge is -2.19. The van der Waals surface area contributed by atoms with Crippen LogP contribution in [0.1, 0.15) is 26.7 Å². The van der Waals surface area contributed by atoms with Crippen LogP contribution in [0.25, 0.3) is 0 Å². The smallest absolute Gasteiger partial charge is 0.320 e. The van der Waals surface area contributed by atoms with Crippen LogP contribution < -0.4 is 10.6 Å². The summed E-state index contributed by atoms with van der Waals surface area (Å²) in [4.78, 5) is 33.3. The van der Waals surface area contributed by atoms with Gasteiger partial charge >= 0.3 is 5.97 Å². The van der Waals surface area contributed by atoms with Crippen LogP contribution in [-0.4, -0.2) is 34.0 Å². The van der Waals surface area contributed by atoms with Crippen molar-refractivity contribution in [1.29, 1.82) is 0 Å². The van der Waals surface area contributed by atoms with E-state index in [1.807, 2.05) is 6.92 Å². The summed E-state index contributed by atoms with van der Waals surface area (Å²) in [7, 11) is 0. The molecule has 0 saturated carbocycles. The average molecular weight is 344 g/mol. The molecule has 2 atom stereocenters. The Kier molecular flexibility index (Phi) is 6.92. The van der Waals surface area contributed by atoms with Crippen LogP contribution in [0.4, 0.5) is 11.4 Å². The van der Waals surface area contributed by atoms with Gasteiger partial charge in [0.25, 0.3) is 5.69 Å². The summed E-state index contributed by atoms with van der Waals surface area (Å²) in [5.74, 6) is -1.57. The minimum absolute atomic E-state index is 0.0990. The van der Waals surface area contributed by atoms with Crippen molar-refractivity contribution in [2.45, 2.75) is 38.8 Å². The average Bonchev–Trinajstić information content (AvgIpc) is 2.48. The number of halogens is 1. The lowest BCUT2D eigenvalue weighted by molar-refractivity contribution is -0.384. The van der Waals surface area contributed by atoms with Crippen molar-refractivity contribution in [1.82, 2.24) is 5.32 Å². The second-order valence-electron chi connectivity index (χ2n) is 4.98. The molecule has 126 valence electrons. The molecule has 1 aromatic rings. The fourth-order valence-corrected chi connectivity index (χ4v) is 2.07. The summed E-state index contributed by atoms with van der Waals surface area (Å²) in [6.45, 7) is 3.34. The van der Waals surface area contributed by atoms with Crippen LogP contribution in [0.15, 0.2) is 18.2 Å². The van der Waals surface area contributed by atoms with Gasteiger partial charge in [-0.25, -0.2) is 0 Å². The Labute approximate surface area is 138 Å². The van der Waals surface area contributed by atoms with E-state index in [0.29, 0.717) is 12.8 Å². The summed E-state index contributed by atoms with van der Waals surface area (Å²) < 4.78 is 0. The van der Waals surface area contributed by atoms with Gasteiger partial charge in [0.15, 0.2) is 0 Å². The van der Waals surface area contributed by atoms with Crippen molar-refractivity contribution in [3.8, 4) is 0 Å². The van der Waals surface area contributed by atoms with E-state index in [1.165, 1.54) is 19.1 Å². The highest BCUT2D eigenvalue weighted by molar-refractivity contribution is 6.33. The monoisotopic (exact) mass is 343 g/mol. The molecule has 0 aliphatic heterocycles. The summed E-state index contributed by atoms with van der Waals surface area (Å²) in [6.07, 6.45) is 1.03. The number of rotatable bonds is 8. The zero-order valence-corrected chi connectivity index (χ0v) is 13.5. The van der Waals surface area contributed by atoms with E-state index in [2.05, 4.69) is 10.6 Å². The van der Waals surface area contributed by atoms with Crippen LogP contribution in [0.5, 0.6) is 0 Å². The van der Waals surface area contributed by atoms with E-state index >= 15 is 0 Å². The number of hydrogen-bond donors (Lipinski definition) is 3. The highest BCUT2D eigenvalue weighted by Crippen LogP contribution is 2.26. The summed E-state index contributed by atoms with van der Waals surface area (Å²) >= 11 is 5.90. The molecule has 1 aromatic carbocycles. The third-order valence-corrected chi connectivity index (χ3v) is 3.47. The number of nitrogens with one attached hydrogen (secondary N) is 2. The van der Waals surface area contributed by atoms with E-state index in [1.54, 1.807) is 0 Å². The third-order valence-electron chi connectivity index (χ3n) is 3.14. The number of carboxylic acid groups (broad SMARTS) is 1. The second kappa shape index (κ2) is 8.44. The Morgan fingerprint density at radius 2 is 2.09 bits per heavy atom. The third kappa shape index (κ3) is 5.50. The van der Waals surface area contributed by atoms with Gasteiger partial charge in [0.2, 0.25) is 5.91 Å². The quantitative estimate of drug-likeness (QED) is 0.492. The normalized spacial score (nSPS) is 13.2. The fourth-order valence-electron chi connectivity index (χ4n) is 1.91. The van der Waals surface area contributed by atoms with Gasteiger partial charge in [-0.05, 0) is 19.4 Å². The van der Waals surface area contributed by atoms with Crippen molar-refractivity contribution in [2.75, 3.05) is 5.32 Å². The Bertz CT molecular complexity index is 608. The molecule has 0 saturated heterocycles. The van der Waals surface area contributed by atoms with E-state index in [9.17, 15) is 19.7 Å². The highest BCUT2D eigenvalue weighted by atomic mass is 35.5. The van der Waals surface area contributed by atoms with Crippen molar-refractivity contribution < 1.29 is 19.6 Å². The first kappa shape index (κ1) is 18.9. The maximum absolute atomic E-state index is 12.1. The van der Waals surface area contributed by atoms with Gasteiger partial charge in [-0.15, -0.1) is 0 Å². The van der Waals surface area contributed by atoms with Crippen molar-refractivity contribution >= 4 is 34.9 Å². The Morgan fingerprint density at radius 1 is 1.43 bits per heavy atom. The van der Waals surface area contributed by atoms with Crippen molar-refractivity contribution in [2.24, 2.45) is 0 Å². The Morgan fingerprint density at radius 3 is 2.61 bits per heavy atom. The zero-order chi connectivity index (χ0) is 17.6. The molecular formula is C14H18ClN3O5. The van der Waals surface area contributed by atoms with Gasteiger partial charge in [0.05, 0.1) is 21.7 Å². The topological polar surface area (TPSA) is 122 Å². The standard InChI is InChI=1S/C14H18ClN3O5/c1-3-4-11(14(20)21)16-8(2)13(19)17-12-7-9(18(22)23)5-6-10(12)15/h5-8,11,16H,3-4H2,1-2H3,(H,17,19)(H,20,21). The van der Waals surface area contributed by atoms with E-state index < -0.39 is 28.9 Å². The molecule has 23 heavy (non-hydrogen) atoms. The molecule has 0 heterocycles. The van der Waals surface area contributed by atoms with Crippen LogP contribution in [0, 0.1) is 10.1 Å². The molecule has 0 bridgehead atoms. The van der Waals surface area contributed by atoms with Crippen molar-refractivity contribution in [3.05, 3.63) is 33.3 Å². The lowest BCUT2D eigenvalue weighted by atomic mass is 10.1. The minimum atomic E-state index is -1.04. The largest absolute Gasteiger partial charge is 0.480 e. The van der Waals surface area contributed by atoms with Gasteiger partial charge < -0.3 is 10.4 Å². The number of aliphatic carboxylic acids is 1. The van der Waals surface area contributed by atoms with Gasteiger partial charge in [-0.1, -0.05) is 24.9 Å². The van der Waals surface area contributed by atoms with E-state index in [-0.39, 0.29) is 16.4 Å². The Hall–Kier alpha value is -2.19. The lowest BCUT2D eigenvalue weighted by Crippen LogP contribution is -2.47. The van der Waals surface area contributed by atoms with Crippen LogP contribution in [0.2, 0.25) is 5.02 Å². The number of anilines is 1. The number of benzene rings is 1. The predicted molar refractivity (Wildman–Crippen MR) is 85.7 cm³/mol. The SMILES string of the molecule is CCCC(NC(C)C(=O)Nc1cc([N+](=O)[O-])ccc1Cl)C(=O)O.